The van der Waals surface area contributed by atoms with Gasteiger partial charge in [-0.25, -0.2) is 4.79 Å². The minimum atomic E-state index is -0.405. The molecule has 0 spiro atoms. The summed E-state index contributed by atoms with van der Waals surface area (Å²) in [6, 6.07) is 4.98. The summed E-state index contributed by atoms with van der Waals surface area (Å²) in [5.41, 5.74) is 3.77. The zero-order valence-corrected chi connectivity index (χ0v) is 12.4. The van der Waals surface area contributed by atoms with Gasteiger partial charge in [-0.05, 0) is 44.5 Å². The predicted molar refractivity (Wildman–Crippen MR) is 78.5 cm³/mol. The fourth-order valence-corrected chi connectivity index (χ4v) is 2.12. The number of aryl methyl sites for hydroxylation is 3. The quantitative estimate of drug-likeness (QED) is 0.849. The molecule has 0 fully saturated rings. The Balaban J connectivity index is 2.24. The lowest BCUT2D eigenvalue weighted by atomic mass is 10.1. The molecule has 1 aromatic heterocycles. The number of aromatic nitrogens is 2. The highest BCUT2D eigenvalue weighted by atomic mass is 16.5. The van der Waals surface area contributed by atoms with Crippen molar-refractivity contribution >= 4 is 17.6 Å². The van der Waals surface area contributed by atoms with Crippen molar-refractivity contribution in [2.45, 2.75) is 20.8 Å². The maximum atomic E-state index is 12.3. The van der Waals surface area contributed by atoms with Crippen molar-refractivity contribution in [3.63, 3.8) is 0 Å². The molecule has 0 radical (unpaired) electrons. The molecule has 6 nitrogen and oxygen atoms in total. The van der Waals surface area contributed by atoms with Crippen molar-refractivity contribution in [2.75, 3.05) is 12.4 Å². The average molecular weight is 287 g/mol. The number of hydrogen-bond donors (Lipinski definition) is 2. The van der Waals surface area contributed by atoms with Crippen LogP contribution in [0.4, 0.5) is 5.69 Å². The summed E-state index contributed by atoms with van der Waals surface area (Å²) in [6.07, 6.45) is 0. The van der Waals surface area contributed by atoms with Gasteiger partial charge in [0.25, 0.3) is 5.91 Å². The summed E-state index contributed by atoms with van der Waals surface area (Å²) in [6.45, 7) is 5.38. The standard InChI is InChI=1S/C15H17N3O3/c1-8-7-11(15(20)21-4)5-6-12(8)16-14(19)13-9(2)17-18-10(13)3/h5-7H,1-4H3,(H,16,19)(H,17,18). The SMILES string of the molecule is COC(=O)c1ccc(NC(=O)c2c(C)n[nH]c2C)c(C)c1. The number of benzene rings is 1. The van der Waals surface area contributed by atoms with Crippen LogP contribution in [0.3, 0.4) is 0 Å². The molecule has 0 unspecified atom stereocenters. The molecule has 1 heterocycles. The first-order valence-corrected chi connectivity index (χ1v) is 6.46. The van der Waals surface area contributed by atoms with Crippen LogP contribution in [0.5, 0.6) is 0 Å². The molecule has 1 aromatic carbocycles. The topological polar surface area (TPSA) is 84.1 Å². The fourth-order valence-electron chi connectivity index (χ4n) is 2.12. The molecule has 0 aliphatic carbocycles. The lowest BCUT2D eigenvalue weighted by molar-refractivity contribution is 0.0600. The van der Waals surface area contributed by atoms with Crippen LogP contribution in [0.2, 0.25) is 0 Å². The van der Waals surface area contributed by atoms with Gasteiger partial charge in [0, 0.05) is 11.4 Å². The van der Waals surface area contributed by atoms with Crippen LogP contribution in [0.25, 0.3) is 0 Å². The fraction of sp³-hybridized carbons (Fsp3) is 0.267. The van der Waals surface area contributed by atoms with Crippen molar-refractivity contribution in [1.29, 1.82) is 0 Å². The Kier molecular flexibility index (Phi) is 4.07. The number of anilines is 1. The van der Waals surface area contributed by atoms with Crippen molar-refractivity contribution in [3.8, 4) is 0 Å². The van der Waals surface area contributed by atoms with Crippen LogP contribution in [0.1, 0.15) is 37.7 Å². The normalized spacial score (nSPS) is 10.3. The summed E-state index contributed by atoms with van der Waals surface area (Å²) in [5, 5.41) is 9.61. The van der Waals surface area contributed by atoms with Crippen LogP contribution in [0.15, 0.2) is 18.2 Å². The molecule has 0 saturated carbocycles. The van der Waals surface area contributed by atoms with Crippen LogP contribution in [0, 0.1) is 20.8 Å². The van der Waals surface area contributed by atoms with Crippen molar-refractivity contribution < 1.29 is 14.3 Å². The monoisotopic (exact) mass is 287 g/mol. The Hall–Kier alpha value is -2.63. The molecule has 0 atom stereocenters. The summed E-state index contributed by atoms with van der Waals surface area (Å²) >= 11 is 0. The lowest BCUT2D eigenvalue weighted by Gasteiger charge is -2.10. The molecule has 2 aromatic rings. The molecule has 2 rings (SSSR count). The van der Waals surface area contributed by atoms with Gasteiger partial charge in [-0.1, -0.05) is 0 Å². The van der Waals surface area contributed by atoms with Crippen molar-refractivity contribution in [3.05, 3.63) is 46.3 Å². The molecule has 0 saturated heterocycles. The molecular weight excluding hydrogens is 270 g/mol. The van der Waals surface area contributed by atoms with E-state index in [1.165, 1.54) is 7.11 Å². The van der Waals surface area contributed by atoms with Gasteiger partial charge in [-0.2, -0.15) is 5.10 Å². The molecule has 110 valence electrons. The van der Waals surface area contributed by atoms with Gasteiger partial charge in [0.15, 0.2) is 0 Å². The van der Waals surface area contributed by atoms with Crippen LogP contribution in [-0.4, -0.2) is 29.2 Å². The van der Waals surface area contributed by atoms with E-state index in [4.69, 9.17) is 0 Å². The van der Waals surface area contributed by atoms with Gasteiger partial charge >= 0.3 is 5.97 Å². The molecular formula is C15H17N3O3. The highest BCUT2D eigenvalue weighted by Gasteiger charge is 2.16. The maximum Gasteiger partial charge on any atom is 0.337 e. The van der Waals surface area contributed by atoms with Gasteiger partial charge in [-0.3, -0.25) is 9.89 Å². The number of H-pyrrole nitrogens is 1. The first kappa shape index (κ1) is 14.8. The molecule has 1 amide bonds. The highest BCUT2D eigenvalue weighted by Crippen LogP contribution is 2.19. The van der Waals surface area contributed by atoms with Crippen LogP contribution < -0.4 is 5.32 Å². The zero-order valence-electron chi connectivity index (χ0n) is 12.4. The number of amides is 1. The number of aromatic amines is 1. The molecule has 0 aliphatic rings. The Morgan fingerprint density at radius 2 is 1.95 bits per heavy atom. The smallest absolute Gasteiger partial charge is 0.337 e. The molecule has 6 heteroatoms. The third-order valence-corrected chi connectivity index (χ3v) is 3.25. The van der Waals surface area contributed by atoms with E-state index in [0.717, 1.165) is 5.56 Å². The van der Waals surface area contributed by atoms with E-state index in [2.05, 4.69) is 20.3 Å². The van der Waals surface area contributed by atoms with E-state index in [1.807, 2.05) is 6.92 Å². The Morgan fingerprint density at radius 1 is 1.24 bits per heavy atom. The molecule has 0 aliphatic heterocycles. The Labute approximate surface area is 122 Å². The van der Waals surface area contributed by atoms with Gasteiger partial charge in [-0.15, -0.1) is 0 Å². The minimum absolute atomic E-state index is 0.229. The van der Waals surface area contributed by atoms with E-state index >= 15 is 0 Å². The maximum absolute atomic E-state index is 12.3. The largest absolute Gasteiger partial charge is 0.465 e. The first-order chi connectivity index (χ1) is 9.93. The molecule has 21 heavy (non-hydrogen) atoms. The summed E-state index contributed by atoms with van der Waals surface area (Å²) < 4.78 is 4.66. The predicted octanol–water partition coefficient (Wildman–Crippen LogP) is 2.37. The van der Waals surface area contributed by atoms with Crippen LogP contribution >= 0.6 is 0 Å². The number of nitrogens with one attached hydrogen (secondary N) is 2. The number of carbonyl (C=O) groups excluding carboxylic acids is 2. The zero-order chi connectivity index (χ0) is 15.6. The van der Waals surface area contributed by atoms with E-state index < -0.39 is 5.97 Å². The van der Waals surface area contributed by atoms with Crippen LogP contribution in [-0.2, 0) is 4.74 Å². The van der Waals surface area contributed by atoms with E-state index in [0.29, 0.717) is 28.2 Å². The number of hydrogen-bond acceptors (Lipinski definition) is 4. The third kappa shape index (κ3) is 2.94. The van der Waals surface area contributed by atoms with Crippen molar-refractivity contribution in [2.24, 2.45) is 0 Å². The lowest BCUT2D eigenvalue weighted by Crippen LogP contribution is -2.15. The molecule has 2 N–H and O–H groups in total. The number of methoxy groups -OCH3 is 1. The number of ether oxygens (including phenoxy) is 1. The van der Waals surface area contributed by atoms with Gasteiger partial charge in [0.1, 0.15) is 0 Å². The first-order valence-electron chi connectivity index (χ1n) is 6.46. The van der Waals surface area contributed by atoms with E-state index in [1.54, 1.807) is 32.0 Å². The summed E-state index contributed by atoms with van der Waals surface area (Å²) in [5.74, 6) is -0.634. The number of esters is 1. The number of rotatable bonds is 3. The highest BCUT2D eigenvalue weighted by molar-refractivity contribution is 6.06. The number of nitrogens with zero attached hydrogens (tertiary/aromatic N) is 1. The number of carbonyl (C=O) groups is 2. The second kappa shape index (κ2) is 5.78. The molecule has 0 bridgehead atoms. The van der Waals surface area contributed by atoms with E-state index in [-0.39, 0.29) is 5.91 Å². The van der Waals surface area contributed by atoms with Crippen molar-refractivity contribution in [1.82, 2.24) is 10.2 Å². The summed E-state index contributed by atoms with van der Waals surface area (Å²) in [4.78, 5) is 23.7. The van der Waals surface area contributed by atoms with E-state index in [9.17, 15) is 9.59 Å². The Bertz CT molecular complexity index is 685. The second-order valence-electron chi connectivity index (χ2n) is 4.78. The average Bonchev–Trinajstić information content (AvgIpc) is 2.79. The Morgan fingerprint density at radius 3 is 2.48 bits per heavy atom. The summed E-state index contributed by atoms with van der Waals surface area (Å²) in [7, 11) is 1.33. The second-order valence-corrected chi connectivity index (χ2v) is 4.78. The third-order valence-electron chi connectivity index (χ3n) is 3.25. The van der Waals surface area contributed by atoms with Gasteiger partial charge in [0.2, 0.25) is 0 Å². The van der Waals surface area contributed by atoms with Gasteiger partial charge in [0.05, 0.1) is 23.9 Å². The minimum Gasteiger partial charge on any atom is -0.465 e. The van der Waals surface area contributed by atoms with Gasteiger partial charge < -0.3 is 10.1 Å².